The largest absolute Gasteiger partial charge is 0.368 e. The molecule has 1 amide bonds. The van der Waals surface area contributed by atoms with Crippen molar-refractivity contribution in [3.05, 3.63) is 27.1 Å². The number of carbonyl (C=O) groups is 1. The number of hydrogen-bond acceptors (Lipinski definition) is 4. The van der Waals surface area contributed by atoms with Gasteiger partial charge in [-0.05, 0) is 18.9 Å². The summed E-state index contributed by atoms with van der Waals surface area (Å²) in [4.78, 5) is 31.0. The van der Waals surface area contributed by atoms with Crippen LogP contribution >= 0.6 is 11.3 Å². The third-order valence-electron chi connectivity index (χ3n) is 3.57. The van der Waals surface area contributed by atoms with E-state index >= 15 is 0 Å². The van der Waals surface area contributed by atoms with Crippen molar-refractivity contribution < 1.29 is 4.79 Å². The molecule has 0 aliphatic rings. The number of hydrogen-bond donors (Lipinski definition) is 1. The van der Waals surface area contributed by atoms with Crippen LogP contribution in [0.1, 0.15) is 56.8 Å². The molecule has 21 heavy (non-hydrogen) atoms. The molecule has 2 aromatic heterocycles. The van der Waals surface area contributed by atoms with E-state index in [-0.39, 0.29) is 11.5 Å². The van der Waals surface area contributed by atoms with Crippen molar-refractivity contribution in [3.8, 4) is 0 Å². The van der Waals surface area contributed by atoms with E-state index in [4.69, 9.17) is 5.73 Å². The molecular formula is C15H21N3O2S. The molecule has 0 aliphatic heterocycles. The highest BCUT2D eigenvalue weighted by atomic mass is 32.1. The number of amides is 1. The summed E-state index contributed by atoms with van der Waals surface area (Å²) in [5.74, 6) is 0.180. The minimum atomic E-state index is -0.642. The molecule has 2 rings (SSSR count). The first-order valence-electron chi connectivity index (χ1n) is 7.24. The molecule has 2 N–H and O–H groups in total. The first kappa shape index (κ1) is 15.7. The Morgan fingerprint density at radius 3 is 2.57 bits per heavy atom. The van der Waals surface area contributed by atoms with Crippen LogP contribution in [0.5, 0.6) is 0 Å². The topological polar surface area (TPSA) is 78.0 Å². The summed E-state index contributed by atoms with van der Waals surface area (Å²) in [5.41, 5.74) is 5.31. The van der Waals surface area contributed by atoms with Crippen LogP contribution in [0, 0.1) is 0 Å². The second kappa shape index (κ2) is 5.97. The highest BCUT2D eigenvalue weighted by molar-refractivity contribution is 7.18. The second-order valence-electron chi connectivity index (χ2n) is 5.41. The molecule has 0 fully saturated rings. The second-order valence-corrected chi connectivity index (χ2v) is 6.53. The van der Waals surface area contributed by atoms with Crippen molar-refractivity contribution in [2.75, 3.05) is 0 Å². The van der Waals surface area contributed by atoms with Crippen molar-refractivity contribution in [1.29, 1.82) is 0 Å². The summed E-state index contributed by atoms with van der Waals surface area (Å²) < 4.78 is 1.49. The lowest BCUT2D eigenvalue weighted by Crippen LogP contribution is -2.36. The van der Waals surface area contributed by atoms with Crippen molar-refractivity contribution in [2.24, 2.45) is 5.73 Å². The number of primary amides is 1. The standard InChI is InChI=1S/C15H21N3O2S/c1-5-9-7-10-14(21-9)17-13(8(3)4)18(15(10)20)11(6-2)12(16)19/h7-8,11H,5-6H2,1-4H3,(H2,16,19). The van der Waals surface area contributed by atoms with Crippen LogP contribution in [-0.4, -0.2) is 15.5 Å². The predicted molar refractivity (Wildman–Crippen MR) is 85.9 cm³/mol. The van der Waals surface area contributed by atoms with Crippen molar-refractivity contribution in [1.82, 2.24) is 9.55 Å². The summed E-state index contributed by atoms with van der Waals surface area (Å²) in [7, 11) is 0. The van der Waals surface area contributed by atoms with Gasteiger partial charge in [0.2, 0.25) is 5.91 Å². The molecule has 5 nitrogen and oxygen atoms in total. The lowest BCUT2D eigenvalue weighted by Gasteiger charge is -2.20. The Bertz CT molecular complexity index is 730. The third-order valence-corrected chi connectivity index (χ3v) is 4.74. The summed E-state index contributed by atoms with van der Waals surface area (Å²) >= 11 is 1.54. The van der Waals surface area contributed by atoms with Gasteiger partial charge in [-0.25, -0.2) is 4.98 Å². The molecule has 0 radical (unpaired) electrons. The van der Waals surface area contributed by atoms with Gasteiger partial charge in [0.25, 0.3) is 5.56 Å². The molecule has 0 saturated heterocycles. The summed E-state index contributed by atoms with van der Waals surface area (Å²) in [5, 5.41) is 0.584. The van der Waals surface area contributed by atoms with Crippen LogP contribution in [0.25, 0.3) is 10.2 Å². The van der Waals surface area contributed by atoms with Gasteiger partial charge in [0.05, 0.1) is 5.39 Å². The maximum Gasteiger partial charge on any atom is 0.263 e. The molecule has 2 aromatic rings. The summed E-state index contributed by atoms with van der Waals surface area (Å²) in [6, 6.07) is 1.24. The van der Waals surface area contributed by atoms with Gasteiger partial charge < -0.3 is 5.73 Å². The zero-order chi connectivity index (χ0) is 15.7. The van der Waals surface area contributed by atoms with Gasteiger partial charge in [0.15, 0.2) is 0 Å². The Labute approximate surface area is 127 Å². The number of thiophene rings is 1. The molecule has 0 aromatic carbocycles. The smallest absolute Gasteiger partial charge is 0.263 e. The van der Waals surface area contributed by atoms with E-state index in [1.165, 1.54) is 15.9 Å². The third kappa shape index (κ3) is 2.72. The zero-order valence-electron chi connectivity index (χ0n) is 12.8. The van der Waals surface area contributed by atoms with Crippen molar-refractivity contribution in [2.45, 2.75) is 52.5 Å². The minimum absolute atomic E-state index is 0.0441. The highest BCUT2D eigenvalue weighted by Crippen LogP contribution is 2.26. The molecule has 1 atom stereocenters. The number of nitrogens with zero attached hydrogens (tertiary/aromatic N) is 2. The van der Waals surface area contributed by atoms with Crippen LogP contribution in [-0.2, 0) is 11.2 Å². The van der Waals surface area contributed by atoms with Gasteiger partial charge >= 0.3 is 0 Å². The number of rotatable bonds is 5. The fourth-order valence-corrected chi connectivity index (χ4v) is 3.42. The van der Waals surface area contributed by atoms with E-state index in [1.54, 1.807) is 0 Å². The monoisotopic (exact) mass is 307 g/mol. The Balaban J connectivity index is 2.83. The van der Waals surface area contributed by atoms with Crippen LogP contribution in [0.3, 0.4) is 0 Å². The average Bonchev–Trinajstić information content (AvgIpc) is 2.84. The SMILES string of the molecule is CCc1cc2c(=O)n(C(CC)C(N)=O)c(C(C)C)nc2s1. The van der Waals surface area contributed by atoms with E-state index < -0.39 is 11.9 Å². The summed E-state index contributed by atoms with van der Waals surface area (Å²) in [6.45, 7) is 7.82. The molecule has 0 spiro atoms. The van der Waals surface area contributed by atoms with Crippen molar-refractivity contribution >= 4 is 27.5 Å². The molecule has 0 bridgehead atoms. The number of aryl methyl sites for hydroxylation is 1. The lowest BCUT2D eigenvalue weighted by atomic mass is 10.1. The Morgan fingerprint density at radius 2 is 2.10 bits per heavy atom. The van der Waals surface area contributed by atoms with Gasteiger partial charge in [-0.3, -0.25) is 14.2 Å². The van der Waals surface area contributed by atoms with E-state index in [0.717, 1.165) is 16.1 Å². The van der Waals surface area contributed by atoms with Crippen molar-refractivity contribution in [3.63, 3.8) is 0 Å². The lowest BCUT2D eigenvalue weighted by molar-refractivity contribution is -0.121. The van der Waals surface area contributed by atoms with Gasteiger partial charge in [-0.15, -0.1) is 11.3 Å². The Morgan fingerprint density at radius 1 is 1.43 bits per heavy atom. The predicted octanol–water partition coefficient (Wildman–Crippen LogP) is 2.58. The van der Waals surface area contributed by atoms with E-state index in [0.29, 0.717) is 17.6 Å². The fourth-order valence-electron chi connectivity index (χ4n) is 2.45. The van der Waals surface area contributed by atoms with Gasteiger partial charge in [0.1, 0.15) is 16.7 Å². The molecular weight excluding hydrogens is 286 g/mol. The number of fused-ring (bicyclic) bond motifs is 1. The number of aromatic nitrogens is 2. The van der Waals surface area contributed by atoms with Crippen LogP contribution < -0.4 is 11.3 Å². The van der Waals surface area contributed by atoms with Crippen LogP contribution in [0.15, 0.2) is 10.9 Å². The van der Waals surface area contributed by atoms with Gasteiger partial charge in [-0.1, -0.05) is 27.7 Å². The number of carbonyl (C=O) groups excluding carboxylic acids is 1. The average molecular weight is 307 g/mol. The Hall–Kier alpha value is -1.69. The quantitative estimate of drug-likeness (QED) is 0.922. The first-order chi connectivity index (χ1) is 9.90. The van der Waals surface area contributed by atoms with Crippen LogP contribution in [0.2, 0.25) is 0 Å². The van der Waals surface area contributed by atoms with Gasteiger partial charge in [0, 0.05) is 10.8 Å². The van der Waals surface area contributed by atoms with E-state index in [1.807, 2.05) is 33.8 Å². The fraction of sp³-hybridized carbons (Fsp3) is 0.533. The normalized spacial score (nSPS) is 13.0. The van der Waals surface area contributed by atoms with Crippen LogP contribution in [0.4, 0.5) is 0 Å². The number of nitrogens with two attached hydrogens (primary N) is 1. The Kier molecular flexibility index (Phi) is 4.46. The highest BCUT2D eigenvalue weighted by Gasteiger charge is 2.24. The van der Waals surface area contributed by atoms with E-state index in [9.17, 15) is 9.59 Å². The maximum absolute atomic E-state index is 12.8. The molecule has 1 unspecified atom stereocenters. The first-order valence-corrected chi connectivity index (χ1v) is 8.06. The molecule has 6 heteroatoms. The van der Waals surface area contributed by atoms with E-state index in [2.05, 4.69) is 4.98 Å². The molecule has 114 valence electrons. The minimum Gasteiger partial charge on any atom is -0.368 e. The molecule has 2 heterocycles. The maximum atomic E-state index is 12.8. The van der Waals surface area contributed by atoms with Gasteiger partial charge in [-0.2, -0.15) is 0 Å². The summed E-state index contributed by atoms with van der Waals surface area (Å²) in [6.07, 6.45) is 1.34. The molecule has 0 aliphatic carbocycles. The zero-order valence-corrected chi connectivity index (χ0v) is 13.7. The molecule has 0 saturated carbocycles.